The summed E-state index contributed by atoms with van der Waals surface area (Å²) in [6.45, 7) is 8.41. The van der Waals surface area contributed by atoms with E-state index in [1.165, 1.54) is 0 Å². The van der Waals surface area contributed by atoms with Gasteiger partial charge in [0.1, 0.15) is 17.3 Å². The number of primary amides is 1. The van der Waals surface area contributed by atoms with Gasteiger partial charge in [-0.2, -0.15) is 0 Å². The summed E-state index contributed by atoms with van der Waals surface area (Å²) >= 11 is 0. The average molecular weight is 770 g/mol. The summed E-state index contributed by atoms with van der Waals surface area (Å²) in [5.74, 6) is -4.54. The van der Waals surface area contributed by atoms with Crippen LogP contribution in [-0.2, 0) is 38.1 Å². The first-order valence-electron chi connectivity index (χ1n) is 20.0. The Kier molecular flexibility index (Phi) is 10.5. The molecule has 1 aromatic rings. The molecule has 2 amide bonds. The average Bonchev–Trinajstić information content (AvgIpc) is 3.56. The molecule has 15 atom stereocenters. The number of nitrogens with zero attached hydrogens (tertiary/aromatic N) is 1. The van der Waals surface area contributed by atoms with Gasteiger partial charge in [0.15, 0.2) is 0 Å². The summed E-state index contributed by atoms with van der Waals surface area (Å²) in [5.41, 5.74) is 0.641. The number of rotatable bonds is 14. The third-order valence-corrected chi connectivity index (χ3v) is 15.1. The fraction of sp³-hybridized carbons (Fsp3) is 0.756. The molecule has 5 aliphatic carbocycles. The van der Waals surface area contributed by atoms with Gasteiger partial charge in [0.25, 0.3) is 0 Å². The van der Waals surface area contributed by atoms with E-state index >= 15 is 0 Å². The lowest BCUT2D eigenvalue weighted by molar-refractivity contribution is -0.319. The van der Waals surface area contributed by atoms with Crippen molar-refractivity contribution in [2.45, 2.75) is 108 Å². The summed E-state index contributed by atoms with van der Waals surface area (Å²) in [7, 11) is 4.88. The number of para-hydroxylation sites is 1. The van der Waals surface area contributed by atoms with Crippen LogP contribution in [0.2, 0.25) is 0 Å². The van der Waals surface area contributed by atoms with Crippen LogP contribution < -0.4 is 11.1 Å². The largest absolute Gasteiger partial charge is 0.461 e. The number of fused-ring (bicyclic) bond motifs is 2. The normalized spacial score (nSPS) is 41.9. The van der Waals surface area contributed by atoms with E-state index in [0.717, 1.165) is 0 Å². The van der Waals surface area contributed by atoms with Crippen molar-refractivity contribution in [2.24, 2.45) is 52.1 Å². The minimum absolute atomic E-state index is 0.0133. The van der Waals surface area contributed by atoms with Gasteiger partial charge in [0, 0.05) is 75.2 Å². The molecule has 6 fully saturated rings. The number of hydrogen-bond acceptors (Lipinski definition) is 12. The van der Waals surface area contributed by atoms with Crippen molar-refractivity contribution in [3.63, 3.8) is 0 Å². The number of nitrogens with two attached hydrogens (primary N) is 1. The number of methoxy groups -OCH3 is 3. The third-order valence-electron chi connectivity index (χ3n) is 15.1. The Balaban J connectivity index is 1.30. The van der Waals surface area contributed by atoms with Crippen molar-refractivity contribution < 1.29 is 53.1 Å². The predicted molar refractivity (Wildman–Crippen MR) is 198 cm³/mol. The number of aliphatic hydroxyl groups is 2. The minimum Gasteiger partial charge on any atom is -0.461 e. The molecule has 6 aliphatic rings. The van der Waals surface area contributed by atoms with E-state index in [-0.39, 0.29) is 60.5 Å². The smallest absolute Gasteiger partial charge is 0.340 e. The van der Waals surface area contributed by atoms with Crippen molar-refractivity contribution in [3.05, 3.63) is 29.8 Å². The van der Waals surface area contributed by atoms with Crippen LogP contribution in [0.15, 0.2) is 24.3 Å². The second-order valence-corrected chi connectivity index (χ2v) is 17.4. The van der Waals surface area contributed by atoms with E-state index in [9.17, 15) is 29.4 Å². The van der Waals surface area contributed by atoms with Crippen LogP contribution in [0.25, 0.3) is 0 Å². The summed E-state index contributed by atoms with van der Waals surface area (Å²) < 4.78 is 31.7. The molecule has 1 aliphatic heterocycles. The number of esters is 2. The fourth-order valence-electron chi connectivity index (χ4n) is 13.0. The van der Waals surface area contributed by atoms with Crippen molar-refractivity contribution in [1.82, 2.24) is 4.90 Å². The molecule has 1 spiro atoms. The highest BCUT2D eigenvalue weighted by molar-refractivity contribution is 6.02. The van der Waals surface area contributed by atoms with Gasteiger partial charge in [-0.15, -0.1) is 0 Å². The van der Waals surface area contributed by atoms with E-state index in [0.29, 0.717) is 38.8 Å². The fourth-order valence-corrected chi connectivity index (χ4v) is 13.0. The van der Waals surface area contributed by atoms with Crippen LogP contribution in [0.5, 0.6) is 0 Å². The highest BCUT2D eigenvalue weighted by Gasteiger charge is 2.92. The number of likely N-dealkylation sites (N-methyl/N-ethyl adjacent to an activating group) is 1. The first-order chi connectivity index (χ1) is 26.1. The van der Waals surface area contributed by atoms with Gasteiger partial charge in [0.05, 0.1) is 48.1 Å². The zero-order valence-electron chi connectivity index (χ0n) is 33.1. The molecule has 0 radical (unpaired) electrons. The maximum absolute atomic E-state index is 14.1. The lowest BCUT2D eigenvalue weighted by atomic mass is 9.42. The number of ether oxygens (including phenoxy) is 5. The Morgan fingerprint density at radius 1 is 1.04 bits per heavy atom. The van der Waals surface area contributed by atoms with E-state index in [1.807, 2.05) is 20.8 Å². The third kappa shape index (κ3) is 5.48. The summed E-state index contributed by atoms with van der Waals surface area (Å²) in [4.78, 5) is 54.2. The first-order valence-corrected chi connectivity index (χ1v) is 20.0. The number of carbonyl (C=O) groups excluding carboxylic acids is 4. The lowest BCUT2D eigenvalue weighted by Gasteiger charge is -2.70. The van der Waals surface area contributed by atoms with E-state index in [2.05, 4.69) is 10.2 Å². The van der Waals surface area contributed by atoms with E-state index < -0.39 is 81.9 Å². The maximum atomic E-state index is 14.1. The molecule has 1 saturated heterocycles. The number of hydrogen-bond donors (Lipinski definition) is 4. The first kappa shape index (κ1) is 40.1. The summed E-state index contributed by atoms with van der Waals surface area (Å²) in [5, 5.41) is 29.8. The molecule has 14 heteroatoms. The summed E-state index contributed by atoms with van der Waals surface area (Å²) in [6.07, 6.45) is 0.0446. The molecule has 55 heavy (non-hydrogen) atoms. The van der Waals surface area contributed by atoms with Gasteiger partial charge < -0.3 is 44.9 Å². The Labute approximate surface area is 323 Å². The monoisotopic (exact) mass is 769 g/mol. The number of amides is 2. The number of carbonyl (C=O) groups is 4. The van der Waals surface area contributed by atoms with Gasteiger partial charge in [0.2, 0.25) is 11.8 Å². The second kappa shape index (κ2) is 14.4. The van der Waals surface area contributed by atoms with Gasteiger partial charge >= 0.3 is 11.9 Å². The number of nitrogens with one attached hydrogen (secondary N) is 1. The van der Waals surface area contributed by atoms with Gasteiger partial charge in [-0.05, 0) is 50.3 Å². The zero-order valence-corrected chi connectivity index (χ0v) is 33.1. The standard InChI is InChI=1S/C41H59N3O11/c1-8-21(3)35(47)55-31-24-17-25-30(31)39(49,18-27(24)51-5)41(50)33(53-7)32-38(15-14-28(52-6)40(25,32)37(41)44(9-2)19-38)20-54-36(48)23-12-10-11-13-26(23)43-34(46)22(4)16-29(42)45/h10-13,21-22,24-25,27-28,30-33,37,49-50H,8-9,14-20H2,1-7H3,(H2,42,45)(H,43,46)/t21-,22-,24+,25+,27-,28-,30+,31-,32+,33-,37?,38-,39+,40-,41+/m0/s1. The zero-order chi connectivity index (χ0) is 39.8. The summed E-state index contributed by atoms with van der Waals surface area (Å²) in [6, 6.07) is 6.00. The Hall–Kier alpha value is -3.14. The van der Waals surface area contributed by atoms with Crippen LogP contribution in [0.1, 0.15) is 76.6 Å². The van der Waals surface area contributed by atoms with Crippen LogP contribution >= 0.6 is 0 Å². The SMILES string of the molecule is CC[C@H](C)C(=O)O[C@H]1[C@@H]2C[C@@H]3[C@H]1[C@](O)(C[C@@H]2OC)[C@]1(O)C2N(CC)C[C@]4(COC(=O)c5ccccc5NC(=O)[C@@H](C)CC(N)=O)CC[C@H](OC)[C@@]23[C@@H]4[C@@H]1OC. The molecule has 304 valence electrons. The van der Waals surface area contributed by atoms with E-state index in [4.69, 9.17) is 29.4 Å². The molecule has 1 unspecified atom stereocenters. The Morgan fingerprint density at radius 2 is 1.76 bits per heavy atom. The molecule has 0 aromatic heterocycles. The highest BCUT2D eigenvalue weighted by atomic mass is 16.6. The quantitative estimate of drug-likeness (QED) is 0.202. The molecule has 14 nitrogen and oxygen atoms in total. The Bertz CT molecular complexity index is 1690. The van der Waals surface area contributed by atoms with Gasteiger partial charge in [-0.3, -0.25) is 19.3 Å². The molecular weight excluding hydrogens is 710 g/mol. The van der Waals surface area contributed by atoms with Crippen molar-refractivity contribution in [2.75, 3.05) is 46.3 Å². The van der Waals surface area contributed by atoms with Crippen LogP contribution in [0, 0.1) is 46.3 Å². The number of piperidine rings is 1. The Morgan fingerprint density at radius 3 is 2.40 bits per heavy atom. The molecule has 1 heterocycles. The molecule has 7 rings (SSSR count). The van der Waals surface area contributed by atoms with Crippen LogP contribution in [-0.4, -0.2) is 122 Å². The van der Waals surface area contributed by atoms with Gasteiger partial charge in [-0.1, -0.05) is 39.8 Å². The lowest BCUT2D eigenvalue weighted by Crippen LogP contribution is -2.82. The number of likely N-dealkylation sites (tertiary alicyclic amines) is 1. The molecule has 1 aromatic carbocycles. The molecule has 5 saturated carbocycles. The molecule has 7 bridgehead atoms. The topological polar surface area (TPSA) is 196 Å². The minimum atomic E-state index is -1.83. The molecular formula is C41H59N3O11. The van der Waals surface area contributed by atoms with Crippen molar-refractivity contribution >= 4 is 29.4 Å². The van der Waals surface area contributed by atoms with Crippen LogP contribution in [0.4, 0.5) is 5.69 Å². The number of benzene rings is 1. The maximum Gasteiger partial charge on any atom is 0.340 e. The number of anilines is 1. The van der Waals surface area contributed by atoms with Crippen molar-refractivity contribution in [1.29, 1.82) is 0 Å². The van der Waals surface area contributed by atoms with Crippen LogP contribution in [0.3, 0.4) is 0 Å². The molecule has 5 N–H and O–H groups in total. The van der Waals surface area contributed by atoms with Crippen molar-refractivity contribution in [3.8, 4) is 0 Å². The predicted octanol–water partition coefficient (Wildman–Crippen LogP) is 2.53. The highest BCUT2D eigenvalue weighted by Crippen LogP contribution is 2.80. The van der Waals surface area contributed by atoms with E-state index in [1.54, 1.807) is 52.5 Å². The van der Waals surface area contributed by atoms with Gasteiger partial charge in [-0.25, -0.2) is 4.79 Å². The second-order valence-electron chi connectivity index (χ2n) is 17.4.